The Kier molecular flexibility index (Phi) is 5.05. The molecule has 0 unspecified atom stereocenters. The highest BCUT2D eigenvalue weighted by Gasteiger charge is 2.11. The molecule has 0 bridgehead atoms. The smallest absolute Gasteiger partial charge is 0.131 e. The summed E-state index contributed by atoms with van der Waals surface area (Å²) in [5.74, 6) is -0.485. The van der Waals surface area contributed by atoms with Gasteiger partial charge in [0.1, 0.15) is 11.6 Å². The summed E-state index contributed by atoms with van der Waals surface area (Å²) in [6.45, 7) is 2.13. The largest absolute Gasteiger partial charge is 0.207 e. The standard InChI is InChI=1S/C22H20F2/c1-2-3-6-16-9-14-21(22(24)15-16)20-8-5-4-7-19(20)17-10-12-18(23)13-11-17/h4-5,7-15H,2-3,6H2,1H3. The molecular formula is C22H20F2. The maximum absolute atomic E-state index is 14.7. The van der Waals surface area contributed by atoms with Crippen molar-refractivity contribution in [3.05, 3.63) is 83.9 Å². The Bertz CT molecular complexity index is 820. The van der Waals surface area contributed by atoms with Gasteiger partial charge in [-0.2, -0.15) is 0 Å². The first kappa shape index (κ1) is 16.4. The second-order valence-electron chi connectivity index (χ2n) is 5.97. The second-order valence-corrected chi connectivity index (χ2v) is 5.97. The Labute approximate surface area is 141 Å². The van der Waals surface area contributed by atoms with Gasteiger partial charge in [-0.15, -0.1) is 0 Å². The molecule has 3 aromatic rings. The maximum atomic E-state index is 14.7. The van der Waals surface area contributed by atoms with Crippen molar-refractivity contribution < 1.29 is 8.78 Å². The first-order valence-electron chi connectivity index (χ1n) is 8.33. The lowest BCUT2D eigenvalue weighted by atomic mass is 9.93. The van der Waals surface area contributed by atoms with Gasteiger partial charge in [0.2, 0.25) is 0 Å². The summed E-state index contributed by atoms with van der Waals surface area (Å²) in [5, 5.41) is 0. The van der Waals surface area contributed by atoms with E-state index in [2.05, 4.69) is 6.92 Å². The summed E-state index contributed by atoms with van der Waals surface area (Å²) in [7, 11) is 0. The van der Waals surface area contributed by atoms with Crippen LogP contribution in [0.3, 0.4) is 0 Å². The van der Waals surface area contributed by atoms with Gasteiger partial charge >= 0.3 is 0 Å². The van der Waals surface area contributed by atoms with Crippen molar-refractivity contribution in [2.75, 3.05) is 0 Å². The van der Waals surface area contributed by atoms with E-state index < -0.39 is 0 Å². The van der Waals surface area contributed by atoms with E-state index in [1.807, 2.05) is 36.4 Å². The predicted octanol–water partition coefficient (Wildman–Crippen LogP) is 6.64. The van der Waals surface area contributed by atoms with Crippen LogP contribution in [-0.4, -0.2) is 0 Å². The summed E-state index contributed by atoms with van der Waals surface area (Å²) in [5.41, 5.74) is 4.20. The average molecular weight is 322 g/mol. The molecule has 0 nitrogen and oxygen atoms in total. The van der Waals surface area contributed by atoms with Crippen molar-refractivity contribution in [2.24, 2.45) is 0 Å². The number of hydrogen-bond donors (Lipinski definition) is 0. The Morgan fingerprint density at radius 1 is 0.750 bits per heavy atom. The number of benzene rings is 3. The lowest BCUT2D eigenvalue weighted by Crippen LogP contribution is -1.92. The molecule has 0 heterocycles. The fraction of sp³-hybridized carbons (Fsp3) is 0.182. The number of rotatable bonds is 5. The van der Waals surface area contributed by atoms with Gasteiger partial charge in [0.15, 0.2) is 0 Å². The van der Waals surface area contributed by atoms with Crippen LogP contribution in [-0.2, 0) is 6.42 Å². The Morgan fingerprint density at radius 2 is 1.46 bits per heavy atom. The molecule has 3 rings (SSSR count). The molecule has 0 saturated heterocycles. The highest BCUT2D eigenvalue weighted by Crippen LogP contribution is 2.34. The average Bonchev–Trinajstić information content (AvgIpc) is 2.61. The Hall–Kier alpha value is -2.48. The fourth-order valence-corrected chi connectivity index (χ4v) is 2.91. The van der Waals surface area contributed by atoms with Crippen LogP contribution in [0.15, 0.2) is 66.7 Å². The highest BCUT2D eigenvalue weighted by atomic mass is 19.1. The minimum absolute atomic E-state index is 0.210. The van der Waals surface area contributed by atoms with E-state index in [9.17, 15) is 8.78 Å². The highest BCUT2D eigenvalue weighted by molar-refractivity contribution is 5.83. The van der Waals surface area contributed by atoms with Crippen LogP contribution in [0.4, 0.5) is 8.78 Å². The van der Waals surface area contributed by atoms with Crippen LogP contribution < -0.4 is 0 Å². The molecule has 0 spiro atoms. The minimum atomic E-state index is -0.275. The van der Waals surface area contributed by atoms with E-state index in [0.717, 1.165) is 41.5 Å². The summed E-state index contributed by atoms with van der Waals surface area (Å²) in [6.07, 6.45) is 3.05. The fourth-order valence-electron chi connectivity index (χ4n) is 2.91. The van der Waals surface area contributed by atoms with E-state index in [0.29, 0.717) is 5.56 Å². The molecule has 0 fully saturated rings. The lowest BCUT2D eigenvalue weighted by Gasteiger charge is -2.12. The molecule has 122 valence electrons. The molecule has 0 amide bonds. The normalized spacial score (nSPS) is 10.8. The third-order valence-corrected chi connectivity index (χ3v) is 4.22. The SMILES string of the molecule is CCCCc1ccc(-c2ccccc2-c2ccc(F)cc2)c(F)c1. The number of hydrogen-bond acceptors (Lipinski definition) is 0. The molecule has 0 aliphatic rings. The van der Waals surface area contributed by atoms with Crippen molar-refractivity contribution >= 4 is 0 Å². The van der Waals surface area contributed by atoms with Crippen LogP contribution in [0.5, 0.6) is 0 Å². The monoisotopic (exact) mass is 322 g/mol. The van der Waals surface area contributed by atoms with E-state index in [1.54, 1.807) is 18.2 Å². The van der Waals surface area contributed by atoms with E-state index in [1.165, 1.54) is 12.1 Å². The number of unbranched alkanes of at least 4 members (excludes halogenated alkanes) is 1. The zero-order valence-corrected chi connectivity index (χ0v) is 13.7. The lowest BCUT2D eigenvalue weighted by molar-refractivity contribution is 0.627. The molecule has 2 heteroatoms. The molecule has 0 aliphatic heterocycles. The van der Waals surface area contributed by atoms with Crippen LogP contribution in [0.1, 0.15) is 25.3 Å². The van der Waals surface area contributed by atoms with Crippen LogP contribution in [0, 0.1) is 11.6 Å². The molecule has 0 saturated carbocycles. The number of aryl methyl sites for hydroxylation is 1. The van der Waals surface area contributed by atoms with Gasteiger partial charge in [0, 0.05) is 5.56 Å². The third kappa shape index (κ3) is 3.53. The molecule has 0 N–H and O–H groups in total. The zero-order valence-electron chi connectivity index (χ0n) is 13.7. The van der Waals surface area contributed by atoms with Gasteiger partial charge in [0.05, 0.1) is 0 Å². The second kappa shape index (κ2) is 7.39. The van der Waals surface area contributed by atoms with Crippen molar-refractivity contribution in [3.63, 3.8) is 0 Å². The topological polar surface area (TPSA) is 0 Å². The molecule has 0 atom stereocenters. The van der Waals surface area contributed by atoms with Gasteiger partial charge in [-0.3, -0.25) is 0 Å². The Morgan fingerprint density at radius 3 is 2.12 bits per heavy atom. The molecule has 0 radical (unpaired) electrons. The van der Waals surface area contributed by atoms with Crippen molar-refractivity contribution in [1.29, 1.82) is 0 Å². The minimum Gasteiger partial charge on any atom is -0.207 e. The van der Waals surface area contributed by atoms with Crippen molar-refractivity contribution in [2.45, 2.75) is 26.2 Å². The predicted molar refractivity (Wildman–Crippen MR) is 95.8 cm³/mol. The van der Waals surface area contributed by atoms with E-state index >= 15 is 0 Å². The summed E-state index contributed by atoms with van der Waals surface area (Å²) < 4.78 is 27.8. The molecule has 24 heavy (non-hydrogen) atoms. The van der Waals surface area contributed by atoms with Gasteiger partial charge in [0.25, 0.3) is 0 Å². The van der Waals surface area contributed by atoms with Gasteiger partial charge in [-0.1, -0.05) is 61.9 Å². The van der Waals surface area contributed by atoms with E-state index in [4.69, 9.17) is 0 Å². The molecule has 0 aromatic heterocycles. The van der Waals surface area contributed by atoms with Gasteiger partial charge in [-0.05, 0) is 53.3 Å². The summed E-state index contributed by atoms with van der Waals surface area (Å²) >= 11 is 0. The van der Waals surface area contributed by atoms with Crippen LogP contribution >= 0.6 is 0 Å². The third-order valence-electron chi connectivity index (χ3n) is 4.22. The zero-order chi connectivity index (χ0) is 16.9. The van der Waals surface area contributed by atoms with Gasteiger partial charge in [-0.25, -0.2) is 8.78 Å². The summed E-state index contributed by atoms with van der Waals surface area (Å²) in [6, 6.07) is 19.4. The van der Waals surface area contributed by atoms with Crippen molar-refractivity contribution in [1.82, 2.24) is 0 Å². The first-order chi connectivity index (χ1) is 11.7. The van der Waals surface area contributed by atoms with Gasteiger partial charge < -0.3 is 0 Å². The van der Waals surface area contributed by atoms with Crippen molar-refractivity contribution in [3.8, 4) is 22.3 Å². The van der Waals surface area contributed by atoms with Crippen LogP contribution in [0.25, 0.3) is 22.3 Å². The van der Waals surface area contributed by atoms with Crippen LogP contribution in [0.2, 0.25) is 0 Å². The Balaban J connectivity index is 2.02. The molecule has 3 aromatic carbocycles. The maximum Gasteiger partial charge on any atom is 0.131 e. The van der Waals surface area contributed by atoms with E-state index in [-0.39, 0.29) is 11.6 Å². The summed E-state index contributed by atoms with van der Waals surface area (Å²) in [4.78, 5) is 0. The number of halogens is 2. The molecular weight excluding hydrogens is 302 g/mol. The molecule has 0 aliphatic carbocycles. The first-order valence-corrected chi connectivity index (χ1v) is 8.33. The quantitative estimate of drug-likeness (QED) is 0.494.